The fraction of sp³-hybridized carbons (Fsp3) is 1.00. The molecule has 1 rings (SSSR count). The van der Waals surface area contributed by atoms with Gasteiger partial charge in [0, 0.05) is 6.42 Å². The van der Waals surface area contributed by atoms with Crippen molar-refractivity contribution in [2.75, 3.05) is 12.5 Å². The Bertz CT molecular complexity index is 163. The van der Waals surface area contributed by atoms with E-state index in [9.17, 15) is 0 Å². The first-order valence-corrected chi connectivity index (χ1v) is 6.11. The third kappa shape index (κ3) is 3.76. The topological polar surface area (TPSA) is 18.5 Å². The molecule has 84 valence electrons. The van der Waals surface area contributed by atoms with Gasteiger partial charge in [0.15, 0.2) is 5.79 Å². The van der Waals surface area contributed by atoms with Crippen molar-refractivity contribution in [3.63, 3.8) is 0 Å². The molecule has 0 radical (unpaired) electrons. The highest BCUT2D eigenvalue weighted by Crippen LogP contribution is 2.29. The second-order valence-corrected chi connectivity index (χ2v) is 4.46. The van der Waals surface area contributed by atoms with Gasteiger partial charge in [0.25, 0.3) is 0 Å². The molecule has 0 aromatic rings. The summed E-state index contributed by atoms with van der Waals surface area (Å²) in [5, 5.41) is 0. The molecule has 0 saturated carbocycles. The summed E-state index contributed by atoms with van der Waals surface area (Å²) in [7, 11) is 0. The van der Waals surface area contributed by atoms with Gasteiger partial charge in [-0.05, 0) is 13.3 Å². The van der Waals surface area contributed by atoms with E-state index in [1.807, 2.05) is 6.92 Å². The Hall–Kier alpha value is 0.210. The van der Waals surface area contributed by atoms with Gasteiger partial charge in [-0.25, -0.2) is 0 Å². The zero-order valence-corrected chi connectivity index (χ0v) is 9.98. The fourth-order valence-electron chi connectivity index (χ4n) is 1.77. The summed E-state index contributed by atoms with van der Waals surface area (Å²) in [6.45, 7) is 4.88. The van der Waals surface area contributed by atoms with Crippen molar-refractivity contribution in [1.82, 2.24) is 0 Å². The molecule has 0 amide bonds. The molecule has 0 N–H and O–H groups in total. The van der Waals surface area contributed by atoms with E-state index < -0.39 is 0 Å². The van der Waals surface area contributed by atoms with Crippen LogP contribution >= 0.6 is 11.6 Å². The van der Waals surface area contributed by atoms with Crippen LogP contribution < -0.4 is 0 Å². The lowest BCUT2D eigenvalue weighted by atomic mass is 10.1. The van der Waals surface area contributed by atoms with Crippen molar-refractivity contribution in [3.8, 4) is 0 Å². The van der Waals surface area contributed by atoms with Crippen LogP contribution in [0.1, 0.15) is 46.0 Å². The molecule has 14 heavy (non-hydrogen) atoms. The SMILES string of the molecule is CCCCCC[C@@]1(C)OC[C@@H](CCl)O1. The van der Waals surface area contributed by atoms with Gasteiger partial charge < -0.3 is 9.47 Å². The molecule has 0 aliphatic carbocycles. The van der Waals surface area contributed by atoms with Crippen LogP contribution in [-0.2, 0) is 9.47 Å². The average Bonchev–Trinajstić information content (AvgIpc) is 2.56. The zero-order valence-electron chi connectivity index (χ0n) is 9.22. The van der Waals surface area contributed by atoms with Crippen LogP contribution in [-0.4, -0.2) is 24.4 Å². The van der Waals surface area contributed by atoms with Crippen molar-refractivity contribution >= 4 is 11.6 Å². The van der Waals surface area contributed by atoms with Crippen molar-refractivity contribution in [3.05, 3.63) is 0 Å². The highest BCUT2D eigenvalue weighted by molar-refractivity contribution is 6.18. The lowest BCUT2D eigenvalue weighted by Gasteiger charge is -2.22. The van der Waals surface area contributed by atoms with Crippen LogP contribution in [0.3, 0.4) is 0 Å². The van der Waals surface area contributed by atoms with Gasteiger partial charge in [-0.3, -0.25) is 0 Å². The maximum absolute atomic E-state index is 5.72. The van der Waals surface area contributed by atoms with E-state index in [2.05, 4.69) is 6.92 Å². The van der Waals surface area contributed by atoms with Crippen molar-refractivity contribution in [1.29, 1.82) is 0 Å². The summed E-state index contributed by atoms with van der Waals surface area (Å²) >= 11 is 5.71. The summed E-state index contributed by atoms with van der Waals surface area (Å²) in [5.74, 6) is 0.165. The molecule has 0 spiro atoms. The van der Waals surface area contributed by atoms with Crippen molar-refractivity contribution < 1.29 is 9.47 Å². The molecule has 1 heterocycles. The Balaban J connectivity index is 2.16. The minimum Gasteiger partial charge on any atom is -0.347 e. The first kappa shape index (κ1) is 12.3. The number of alkyl halides is 1. The average molecular weight is 221 g/mol. The van der Waals surface area contributed by atoms with Crippen LogP contribution in [0.2, 0.25) is 0 Å². The lowest BCUT2D eigenvalue weighted by molar-refractivity contribution is -0.156. The minimum atomic E-state index is -0.368. The maximum atomic E-state index is 5.72. The molecule has 1 fully saturated rings. The summed E-state index contributed by atoms with van der Waals surface area (Å²) in [6.07, 6.45) is 6.09. The minimum absolute atomic E-state index is 0.0906. The normalized spacial score (nSPS) is 32.4. The fourth-order valence-corrected chi connectivity index (χ4v) is 1.92. The highest BCUT2D eigenvalue weighted by atomic mass is 35.5. The summed E-state index contributed by atoms with van der Waals surface area (Å²) in [5.41, 5.74) is 0. The monoisotopic (exact) mass is 220 g/mol. The van der Waals surface area contributed by atoms with Gasteiger partial charge in [-0.15, -0.1) is 11.6 Å². The second kappa shape index (κ2) is 5.94. The second-order valence-electron chi connectivity index (χ2n) is 4.15. The van der Waals surface area contributed by atoms with E-state index in [-0.39, 0.29) is 11.9 Å². The molecule has 3 heteroatoms. The third-order valence-electron chi connectivity index (χ3n) is 2.65. The molecule has 0 aromatic heterocycles. The lowest BCUT2D eigenvalue weighted by Crippen LogP contribution is -2.26. The molecule has 2 nitrogen and oxygen atoms in total. The van der Waals surface area contributed by atoms with E-state index in [4.69, 9.17) is 21.1 Å². The third-order valence-corrected chi connectivity index (χ3v) is 2.99. The predicted octanol–water partition coefficient (Wildman–Crippen LogP) is 3.33. The summed E-state index contributed by atoms with van der Waals surface area (Å²) < 4.78 is 11.3. The van der Waals surface area contributed by atoms with Crippen LogP contribution in [0.4, 0.5) is 0 Å². The smallest absolute Gasteiger partial charge is 0.166 e. The Morgan fingerprint density at radius 1 is 1.36 bits per heavy atom. The quantitative estimate of drug-likeness (QED) is 0.505. The Morgan fingerprint density at radius 2 is 2.14 bits per heavy atom. The summed E-state index contributed by atoms with van der Waals surface area (Å²) in [6, 6.07) is 0. The Kier molecular flexibility index (Phi) is 5.21. The number of rotatable bonds is 6. The molecular weight excluding hydrogens is 200 g/mol. The summed E-state index contributed by atoms with van der Waals surface area (Å²) in [4.78, 5) is 0. The van der Waals surface area contributed by atoms with E-state index in [1.165, 1.54) is 25.7 Å². The zero-order chi connectivity index (χ0) is 10.4. The number of unbranched alkanes of at least 4 members (excludes halogenated alkanes) is 3. The van der Waals surface area contributed by atoms with Crippen molar-refractivity contribution in [2.45, 2.75) is 57.8 Å². The highest BCUT2D eigenvalue weighted by Gasteiger charge is 2.35. The molecule has 2 atom stereocenters. The molecular formula is C11H21ClO2. The first-order valence-electron chi connectivity index (χ1n) is 5.58. The van der Waals surface area contributed by atoms with Crippen LogP contribution in [0.15, 0.2) is 0 Å². The standard InChI is InChI=1S/C11H21ClO2/c1-3-4-5-6-7-11(2)13-9-10(8-12)14-11/h10H,3-9H2,1-2H3/t10-,11+/m1/s1. The van der Waals surface area contributed by atoms with Gasteiger partial charge in [-0.2, -0.15) is 0 Å². The molecule has 0 aromatic carbocycles. The van der Waals surface area contributed by atoms with E-state index in [1.54, 1.807) is 0 Å². The van der Waals surface area contributed by atoms with Crippen LogP contribution in [0.25, 0.3) is 0 Å². The number of ether oxygens (including phenoxy) is 2. The molecule has 1 saturated heterocycles. The largest absolute Gasteiger partial charge is 0.347 e. The number of halogens is 1. The van der Waals surface area contributed by atoms with Gasteiger partial charge in [-0.1, -0.05) is 26.2 Å². The van der Waals surface area contributed by atoms with Crippen molar-refractivity contribution in [2.24, 2.45) is 0 Å². The van der Waals surface area contributed by atoms with Gasteiger partial charge in [0.1, 0.15) is 0 Å². The molecule has 1 aliphatic rings. The molecule has 1 aliphatic heterocycles. The Morgan fingerprint density at radius 3 is 2.71 bits per heavy atom. The number of hydrogen-bond donors (Lipinski definition) is 0. The maximum Gasteiger partial charge on any atom is 0.166 e. The predicted molar refractivity (Wildman–Crippen MR) is 58.7 cm³/mol. The van der Waals surface area contributed by atoms with Gasteiger partial charge >= 0.3 is 0 Å². The van der Waals surface area contributed by atoms with E-state index in [0.717, 1.165) is 6.42 Å². The van der Waals surface area contributed by atoms with E-state index in [0.29, 0.717) is 12.5 Å². The van der Waals surface area contributed by atoms with E-state index >= 15 is 0 Å². The van der Waals surface area contributed by atoms with Gasteiger partial charge in [0.05, 0.1) is 18.6 Å². The molecule has 0 bridgehead atoms. The van der Waals surface area contributed by atoms with Crippen LogP contribution in [0.5, 0.6) is 0 Å². The number of hydrogen-bond acceptors (Lipinski definition) is 2. The molecule has 0 unspecified atom stereocenters. The van der Waals surface area contributed by atoms with Crippen LogP contribution in [0, 0.1) is 0 Å². The van der Waals surface area contributed by atoms with Gasteiger partial charge in [0.2, 0.25) is 0 Å². The Labute approximate surface area is 91.9 Å². The first-order chi connectivity index (χ1) is 6.70.